The maximum Gasteiger partial charge on any atom is 0.142 e. The third-order valence-corrected chi connectivity index (χ3v) is 4.01. The first kappa shape index (κ1) is 15.5. The molecule has 3 nitrogen and oxygen atoms in total. The zero-order valence-corrected chi connectivity index (χ0v) is 13.7. The molecule has 0 saturated carbocycles. The Balaban J connectivity index is 2.49. The molecule has 0 aliphatic rings. The van der Waals surface area contributed by atoms with Gasteiger partial charge in [-0.05, 0) is 47.1 Å². The molecule has 2 aromatic rings. The fourth-order valence-corrected chi connectivity index (χ4v) is 2.82. The van der Waals surface area contributed by atoms with E-state index in [0.717, 1.165) is 28.8 Å². The largest absolute Gasteiger partial charge is 0.305 e. The quantitative estimate of drug-likeness (QED) is 0.868. The summed E-state index contributed by atoms with van der Waals surface area (Å²) in [7, 11) is 0. The van der Waals surface area contributed by atoms with Gasteiger partial charge in [-0.3, -0.25) is 4.68 Å². The van der Waals surface area contributed by atoms with Gasteiger partial charge in [0.2, 0.25) is 0 Å². The van der Waals surface area contributed by atoms with Crippen LogP contribution in [0, 0.1) is 5.82 Å². The van der Waals surface area contributed by atoms with Gasteiger partial charge >= 0.3 is 0 Å². The molecule has 0 fully saturated rings. The van der Waals surface area contributed by atoms with Crippen LogP contribution in [0.15, 0.2) is 28.9 Å². The SMILES string of the molecule is CCNC(c1ccc(Cl)c(F)c1)c1c(Br)cnn1CC. The van der Waals surface area contributed by atoms with Crippen molar-refractivity contribution in [3.63, 3.8) is 0 Å². The molecule has 0 amide bonds. The van der Waals surface area contributed by atoms with Crippen LogP contribution in [-0.2, 0) is 6.54 Å². The summed E-state index contributed by atoms with van der Waals surface area (Å²) in [5.41, 5.74) is 1.81. The Hall–Kier alpha value is -0.910. The Morgan fingerprint density at radius 1 is 1.45 bits per heavy atom. The van der Waals surface area contributed by atoms with E-state index in [1.165, 1.54) is 6.07 Å². The van der Waals surface area contributed by atoms with Crippen molar-refractivity contribution in [1.29, 1.82) is 0 Å². The van der Waals surface area contributed by atoms with Gasteiger partial charge in [-0.2, -0.15) is 5.10 Å². The molecule has 0 bridgehead atoms. The molecule has 1 unspecified atom stereocenters. The van der Waals surface area contributed by atoms with Crippen molar-refractivity contribution < 1.29 is 4.39 Å². The lowest BCUT2D eigenvalue weighted by atomic mass is 10.0. The molecule has 2 rings (SSSR count). The third-order valence-electron chi connectivity index (χ3n) is 3.09. The lowest BCUT2D eigenvalue weighted by molar-refractivity contribution is 0.537. The van der Waals surface area contributed by atoms with Crippen molar-refractivity contribution in [1.82, 2.24) is 15.1 Å². The van der Waals surface area contributed by atoms with E-state index in [9.17, 15) is 4.39 Å². The van der Waals surface area contributed by atoms with Gasteiger partial charge in [0.15, 0.2) is 0 Å². The number of aromatic nitrogens is 2. The van der Waals surface area contributed by atoms with Crippen LogP contribution in [0.5, 0.6) is 0 Å². The van der Waals surface area contributed by atoms with Crippen molar-refractivity contribution in [3.05, 3.63) is 51.0 Å². The van der Waals surface area contributed by atoms with Gasteiger partial charge in [0, 0.05) is 6.54 Å². The Labute approximate surface area is 131 Å². The Bertz CT molecular complexity index is 600. The molecular weight excluding hydrogens is 345 g/mol. The molecule has 1 atom stereocenters. The van der Waals surface area contributed by atoms with E-state index in [1.807, 2.05) is 24.6 Å². The Morgan fingerprint density at radius 2 is 2.20 bits per heavy atom. The van der Waals surface area contributed by atoms with Crippen LogP contribution >= 0.6 is 27.5 Å². The number of halogens is 3. The number of rotatable bonds is 5. The van der Waals surface area contributed by atoms with Crippen LogP contribution in [0.25, 0.3) is 0 Å². The van der Waals surface area contributed by atoms with Crippen LogP contribution in [0.1, 0.15) is 31.1 Å². The standard InChI is InChI=1S/C14H16BrClFN3/c1-3-18-13(9-5-6-11(16)12(17)7-9)14-10(15)8-19-20(14)4-2/h5-8,13,18H,3-4H2,1-2H3. The molecule has 1 heterocycles. The number of hydrogen-bond acceptors (Lipinski definition) is 2. The summed E-state index contributed by atoms with van der Waals surface area (Å²) in [5.74, 6) is -0.411. The van der Waals surface area contributed by atoms with Crippen LogP contribution in [0.2, 0.25) is 5.02 Å². The Morgan fingerprint density at radius 3 is 2.80 bits per heavy atom. The van der Waals surface area contributed by atoms with Crippen LogP contribution in [-0.4, -0.2) is 16.3 Å². The number of benzene rings is 1. The normalized spacial score (nSPS) is 12.7. The first-order valence-electron chi connectivity index (χ1n) is 6.48. The minimum absolute atomic E-state index is 0.132. The second-order valence-electron chi connectivity index (χ2n) is 4.36. The van der Waals surface area contributed by atoms with Crippen LogP contribution in [0.3, 0.4) is 0 Å². The summed E-state index contributed by atoms with van der Waals surface area (Å²) in [5, 5.41) is 7.81. The van der Waals surface area contributed by atoms with E-state index in [1.54, 1.807) is 12.3 Å². The van der Waals surface area contributed by atoms with E-state index in [2.05, 4.69) is 26.3 Å². The lowest BCUT2D eigenvalue weighted by Crippen LogP contribution is -2.25. The van der Waals surface area contributed by atoms with E-state index in [0.29, 0.717) is 0 Å². The molecule has 6 heteroatoms. The van der Waals surface area contributed by atoms with E-state index >= 15 is 0 Å². The fourth-order valence-electron chi connectivity index (χ4n) is 2.18. The van der Waals surface area contributed by atoms with Gasteiger partial charge in [-0.25, -0.2) is 4.39 Å². The van der Waals surface area contributed by atoms with Gasteiger partial charge in [-0.1, -0.05) is 24.6 Å². The average Bonchev–Trinajstić information content (AvgIpc) is 2.80. The van der Waals surface area contributed by atoms with E-state index < -0.39 is 5.82 Å². The van der Waals surface area contributed by atoms with Crippen molar-refractivity contribution in [3.8, 4) is 0 Å². The molecule has 1 aromatic carbocycles. The van der Waals surface area contributed by atoms with Crippen molar-refractivity contribution in [2.24, 2.45) is 0 Å². The van der Waals surface area contributed by atoms with Crippen molar-refractivity contribution in [2.45, 2.75) is 26.4 Å². The molecule has 1 N–H and O–H groups in total. The predicted molar refractivity (Wildman–Crippen MR) is 82.5 cm³/mol. The van der Waals surface area contributed by atoms with Crippen LogP contribution < -0.4 is 5.32 Å². The number of nitrogens with zero attached hydrogens (tertiary/aromatic N) is 2. The molecule has 20 heavy (non-hydrogen) atoms. The average molecular weight is 361 g/mol. The molecule has 0 aliphatic carbocycles. The summed E-state index contributed by atoms with van der Waals surface area (Å²) in [4.78, 5) is 0. The fraction of sp³-hybridized carbons (Fsp3) is 0.357. The van der Waals surface area contributed by atoms with Gasteiger partial charge in [0.1, 0.15) is 5.82 Å². The number of nitrogens with one attached hydrogen (secondary N) is 1. The highest BCUT2D eigenvalue weighted by atomic mass is 79.9. The summed E-state index contributed by atoms with van der Waals surface area (Å²) in [6, 6.07) is 4.74. The molecule has 108 valence electrons. The van der Waals surface area contributed by atoms with Gasteiger partial charge in [-0.15, -0.1) is 0 Å². The summed E-state index contributed by atoms with van der Waals surface area (Å²) in [6.45, 7) is 5.55. The first-order valence-corrected chi connectivity index (χ1v) is 7.65. The highest BCUT2D eigenvalue weighted by molar-refractivity contribution is 9.10. The predicted octanol–water partition coefficient (Wildman–Crippen LogP) is 4.16. The highest BCUT2D eigenvalue weighted by Crippen LogP contribution is 2.30. The smallest absolute Gasteiger partial charge is 0.142 e. The third kappa shape index (κ3) is 3.05. The monoisotopic (exact) mass is 359 g/mol. The summed E-state index contributed by atoms with van der Waals surface area (Å²) < 4.78 is 16.5. The minimum Gasteiger partial charge on any atom is -0.305 e. The van der Waals surface area contributed by atoms with Gasteiger partial charge in [0.25, 0.3) is 0 Å². The second-order valence-corrected chi connectivity index (χ2v) is 5.62. The molecule has 0 aliphatic heterocycles. The van der Waals surface area contributed by atoms with Crippen LogP contribution in [0.4, 0.5) is 4.39 Å². The van der Waals surface area contributed by atoms with Gasteiger partial charge < -0.3 is 5.32 Å². The van der Waals surface area contributed by atoms with Crippen molar-refractivity contribution >= 4 is 27.5 Å². The maximum atomic E-state index is 13.7. The zero-order chi connectivity index (χ0) is 14.7. The second kappa shape index (κ2) is 6.70. The highest BCUT2D eigenvalue weighted by Gasteiger charge is 2.21. The zero-order valence-electron chi connectivity index (χ0n) is 11.3. The minimum atomic E-state index is -0.411. The lowest BCUT2D eigenvalue weighted by Gasteiger charge is -2.20. The van der Waals surface area contributed by atoms with Gasteiger partial charge in [0.05, 0.1) is 27.4 Å². The first-order chi connectivity index (χ1) is 9.58. The van der Waals surface area contributed by atoms with E-state index in [4.69, 9.17) is 11.6 Å². The molecule has 0 spiro atoms. The maximum absolute atomic E-state index is 13.7. The van der Waals surface area contributed by atoms with E-state index in [-0.39, 0.29) is 11.1 Å². The molecular formula is C14H16BrClFN3. The number of aryl methyl sites for hydroxylation is 1. The molecule has 0 radical (unpaired) electrons. The topological polar surface area (TPSA) is 29.9 Å². The summed E-state index contributed by atoms with van der Waals surface area (Å²) >= 11 is 9.27. The van der Waals surface area contributed by atoms with Crippen molar-refractivity contribution in [2.75, 3.05) is 6.54 Å². The molecule has 0 saturated heterocycles. The summed E-state index contributed by atoms with van der Waals surface area (Å²) in [6.07, 6.45) is 1.76. The number of hydrogen-bond donors (Lipinski definition) is 1. The molecule has 1 aromatic heterocycles. The Kier molecular flexibility index (Phi) is 5.18.